The Balaban J connectivity index is 1.80. The minimum absolute atomic E-state index is 0.249. The standard InChI is InChI=1S/C23H27ClN2O2S/c1-4-23(2,3)15-8-11-17-18(13-15)29-22(20(17)21(25)28)26-19(27)12-7-14-5-9-16(24)10-6-14/h5-7,9-10,12,15H,4,8,11,13H2,1-3H3,(H2,25,28)(H,26,27)/b12-7+. The van der Waals surface area contributed by atoms with Crippen LogP contribution in [0.5, 0.6) is 0 Å². The molecule has 29 heavy (non-hydrogen) atoms. The Morgan fingerprint density at radius 3 is 2.62 bits per heavy atom. The molecule has 0 fully saturated rings. The molecule has 1 atom stereocenters. The van der Waals surface area contributed by atoms with Gasteiger partial charge in [0.15, 0.2) is 0 Å². The lowest BCUT2D eigenvalue weighted by molar-refractivity contribution is -0.111. The number of thiophene rings is 1. The lowest BCUT2D eigenvalue weighted by atomic mass is 9.69. The third kappa shape index (κ3) is 4.90. The van der Waals surface area contributed by atoms with E-state index < -0.39 is 5.91 Å². The largest absolute Gasteiger partial charge is 0.365 e. The van der Waals surface area contributed by atoms with E-state index in [0.717, 1.165) is 36.8 Å². The van der Waals surface area contributed by atoms with E-state index in [-0.39, 0.29) is 11.3 Å². The average molecular weight is 431 g/mol. The van der Waals surface area contributed by atoms with Crippen molar-refractivity contribution in [3.63, 3.8) is 0 Å². The molecular weight excluding hydrogens is 404 g/mol. The summed E-state index contributed by atoms with van der Waals surface area (Å²) in [4.78, 5) is 25.7. The molecule has 154 valence electrons. The zero-order chi connectivity index (χ0) is 21.2. The minimum Gasteiger partial charge on any atom is -0.365 e. The Morgan fingerprint density at radius 1 is 1.31 bits per heavy atom. The lowest BCUT2D eigenvalue weighted by Crippen LogP contribution is -2.29. The maximum Gasteiger partial charge on any atom is 0.251 e. The van der Waals surface area contributed by atoms with Crippen LogP contribution < -0.4 is 11.1 Å². The number of amides is 2. The Hall–Kier alpha value is -2.11. The van der Waals surface area contributed by atoms with Gasteiger partial charge in [0.2, 0.25) is 5.91 Å². The molecule has 1 aromatic carbocycles. The smallest absolute Gasteiger partial charge is 0.251 e. The minimum atomic E-state index is -0.479. The predicted molar refractivity (Wildman–Crippen MR) is 122 cm³/mol. The van der Waals surface area contributed by atoms with Gasteiger partial charge in [0, 0.05) is 16.0 Å². The molecule has 2 aromatic rings. The van der Waals surface area contributed by atoms with E-state index in [1.165, 1.54) is 22.3 Å². The monoisotopic (exact) mass is 430 g/mol. The summed E-state index contributed by atoms with van der Waals surface area (Å²) in [6.45, 7) is 6.82. The molecule has 4 nitrogen and oxygen atoms in total. The van der Waals surface area contributed by atoms with Crippen molar-refractivity contribution in [2.24, 2.45) is 17.1 Å². The van der Waals surface area contributed by atoms with Gasteiger partial charge in [0.25, 0.3) is 5.91 Å². The van der Waals surface area contributed by atoms with E-state index in [4.69, 9.17) is 17.3 Å². The van der Waals surface area contributed by atoms with E-state index in [1.807, 2.05) is 12.1 Å². The highest BCUT2D eigenvalue weighted by Crippen LogP contribution is 2.45. The number of benzene rings is 1. The van der Waals surface area contributed by atoms with Gasteiger partial charge in [-0.3, -0.25) is 9.59 Å². The van der Waals surface area contributed by atoms with Crippen LogP contribution in [0.2, 0.25) is 5.02 Å². The zero-order valence-corrected chi connectivity index (χ0v) is 18.6. The molecule has 1 heterocycles. The number of hydrogen-bond donors (Lipinski definition) is 2. The summed E-state index contributed by atoms with van der Waals surface area (Å²) < 4.78 is 0. The topological polar surface area (TPSA) is 72.2 Å². The van der Waals surface area contributed by atoms with Gasteiger partial charge in [0.1, 0.15) is 5.00 Å². The van der Waals surface area contributed by atoms with Crippen LogP contribution >= 0.6 is 22.9 Å². The van der Waals surface area contributed by atoms with E-state index in [0.29, 0.717) is 21.5 Å². The Morgan fingerprint density at radius 2 is 2.00 bits per heavy atom. The molecule has 1 aromatic heterocycles. The number of halogens is 1. The maximum absolute atomic E-state index is 12.4. The fraction of sp³-hybridized carbons (Fsp3) is 0.391. The maximum atomic E-state index is 12.4. The Bertz CT molecular complexity index is 945. The summed E-state index contributed by atoms with van der Waals surface area (Å²) in [5.41, 5.74) is 8.28. The Kier molecular flexibility index (Phi) is 6.49. The van der Waals surface area contributed by atoms with E-state index in [2.05, 4.69) is 26.1 Å². The normalized spacial score (nSPS) is 16.6. The fourth-order valence-electron chi connectivity index (χ4n) is 3.79. The molecule has 1 aliphatic carbocycles. The molecule has 3 N–H and O–H groups in total. The van der Waals surface area contributed by atoms with Gasteiger partial charge in [-0.1, -0.05) is 50.9 Å². The second-order valence-corrected chi connectivity index (χ2v) is 9.77. The van der Waals surface area contributed by atoms with Gasteiger partial charge in [0.05, 0.1) is 5.56 Å². The van der Waals surface area contributed by atoms with Crippen LogP contribution in [0.4, 0.5) is 5.00 Å². The number of hydrogen-bond acceptors (Lipinski definition) is 3. The number of nitrogens with one attached hydrogen (secondary N) is 1. The Labute approximate surface area is 181 Å². The van der Waals surface area contributed by atoms with Crippen LogP contribution in [0.1, 0.15) is 60.0 Å². The van der Waals surface area contributed by atoms with Crippen LogP contribution in [0.3, 0.4) is 0 Å². The predicted octanol–water partition coefficient (Wildman–Crippen LogP) is 5.69. The van der Waals surface area contributed by atoms with Gasteiger partial charge in [-0.05, 0) is 59.9 Å². The van der Waals surface area contributed by atoms with Gasteiger partial charge in [-0.2, -0.15) is 0 Å². The van der Waals surface area contributed by atoms with Gasteiger partial charge in [-0.15, -0.1) is 11.3 Å². The summed E-state index contributed by atoms with van der Waals surface area (Å²) in [5.74, 6) is -0.202. The first kappa shape index (κ1) is 21.6. The average Bonchev–Trinajstić information content (AvgIpc) is 3.04. The van der Waals surface area contributed by atoms with Crippen LogP contribution in [-0.4, -0.2) is 11.8 Å². The summed E-state index contributed by atoms with van der Waals surface area (Å²) >= 11 is 7.37. The number of fused-ring (bicyclic) bond motifs is 1. The molecule has 1 aliphatic rings. The zero-order valence-electron chi connectivity index (χ0n) is 17.0. The number of rotatable bonds is 6. The second kappa shape index (κ2) is 8.72. The van der Waals surface area contributed by atoms with E-state index in [1.54, 1.807) is 18.2 Å². The van der Waals surface area contributed by atoms with Crippen molar-refractivity contribution in [1.29, 1.82) is 0 Å². The number of carbonyl (C=O) groups excluding carboxylic acids is 2. The first-order chi connectivity index (χ1) is 13.7. The number of nitrogens with two attached hydrogens (primary N) is 1. The van der Waals surface area contributed by atoms with Crippen LogP contribution in [-0.2, 0) is 17.6 Å². The van der Waals surface area contributed by atoms with Crippen molar-refractivity contribution in [2.75, 3.05) is 5.32 Å². The number of primary amides is 1. The van der Waals surface area contributed by atoms with E-state index >= 15 is 0 Å². The molecule has 6 heteroatoms. The van der Waals surface area contributed by atoms with Crippen LogP contribution in [0.15, 0.2) is 30.3 Å². The molecule has 3 rings (SSSR count). The number of anilines is 1. The van der Waals surface area contributed by atoms with Gasteiger partial charge < -0.3 is 11.1 Å². The van der Waals surface area contributed by atoms with Gasteiger partial charge in [-0.25, -0.2) is 0 Å². The molecular formula is C23H27ClN2O2S. The quantitative estimate of drug-likeness (QED) is 0.577. The third-order valence-corrected chi connectivity index (χ3v) is 7.48. The first-order valence-electron chi connectivity index (χ1n) is 9.90. The molecule has 2 amide bonds. The third-order valence-electron chi connectivity index (χ3n) is 6.06. The molecule has 0 aliphatic heterocycles. The molecule has 0 bridgehead atoms. The van der Waals surface area contributed by atoms with Crippen LogP contribution in [0.25, 0.3) is 6.08 Å². The summed E-state index contributed by atoms with van der Waals surface area (Å²) in [6, 6.07) is 7.21. The van der Waals surface area contributed by atoms with Crippen LogP contribution in [0, 0.1) is 11.3 Å². The SMILES string of the molecule is CCC(C)(C)C1CCc2c(sc(NC(=O)/C=C/c3ccc(Cl)cc3)c2C(N)=O)C1. The second-order valence-electron chi connectivity index (χ2n) is 8.23. The van der Waals surface area contributed by atoms with Crippen molar-refractivity contribution < 1.29 is 9.59 Å². The fourth-order valence-corrected chi connectivity index (χ4v) is 5.25. The summed E-state index contributed by atoms with van der Waals surface area (Å²) in [7, 11) is 0. The van der Waals surface area contributed by atoms with Crippen molar-refractivity contribution >= 4 is 45.8 Å². The molecule has 0 saturated carbocycles. The highest BCUT2D eigenvalue weighted by atomic mass is 35.5. The van der Waals surface area contributed by atoms with Gasteiger partial charge >= 0.3 is 0 Å². The van der Waals surface area contributed by atoms with E-state index in [9.17, 15) is 9.59 Å². The van der Waals surface area contributed by atoms with Crippen molar-refractivity contribution in [2.45, 2.75) is 46.5 Å². The highest BCUT2D eigenvalue weighted by Gasteiger charge is 2.34. The summed E-state index contributed by atoms with van der Waals surface area (Å²) in [5, 5.41) is 4.07. The number of carbonyl (C=O) groups is 2. The lowest BCUT2D eigenvalue weighted by Gasteiger charge is -2.36. The van der Waals surface area contributed by atoms with Crippen molar-refractivity contribution in [1.82, 2.24) is 0 Å². The summed E-state index contributed by atoms with van der Waals surface area (Å²) in [6.07, 6.45) is 7.07. The van der Waals surface area contributed by atoms with Crippen molar-refractivity contribution in [3.05, 3.63) is 56.9 Å². The molecule has 0 saturated heterocycles. The molecule has 0 radical (unpaired) electrons. The molecule has 0 spiro atoms. The van der Waals surface area contributed by atoms with Crippen molar-refractivity contribution in [3.8, 4) is 0 Å². The highest BCUT2D eigenvalue weighted by molar-refractivity contribution is 7.17. The molecule has 1 unspecified atom stereocenters. The first-order valence-corrected chi connectivity index (χ1v) is 11.1.